The molecule has 3 aromatic rings. The number of rotatable bonds is 8. The highest BCUT2D eigenvalue weighted by Crippen LogP contribution is 2.29. The number of hydrogen-bond donors (Lipinski definition) is 1. The fraction of sp³-hybridized carbons (Fsp3) is 0.346. The van der Waals surface area contributed by atoms with Gasteiger partial charge in [-0.25, -0.2) is 0 Å². The van der Waals surface area contributed by atoms with Gasteiger partial charge < -0.3 is 19.4 Å². The molecule has 0 aliphatic carbocycles. The molecule has 1 aliphatic rings. The molecule has 0 unspecified atom stereocenters. The van der Waals surface area contributed by atoms with E-state index in [-0.39, 0.29) is 18.1 Å². The van der Waals surface area contributed by atoms with Gasteiger partial charge in [0, 0.05) is 49.3 Å². The Bertz CT molecular complexity index is 1150. The summed E-state index contributed by atoms with van der Waals surface area (Å²) < 4.78 is 49.2. The van der Waals surface area contributed by atoms with Crippen LogP contribution in [0.1, 0.15) is 22.5 Å². The normalized spacial score (nSPS) is 14.2. The number of ether oxygens (including phenoxy) is 2. The van der Waals surface area contributed by atoms with Crippen LogP contribution in [-0.4, -0.2) is 54.6 Å². The van der Waals surface area contributed by atoms with Crippen molar-refractivity contribution in [3.8, 4) is 17.0 Å². The summed E-state index contributed by atoms with van der Waals surface area (Å²) in [5.41, 5.74) is 3.40. The number of carbonyl (C=O) groups is 1. The van der Waals surface area contributed by atoms with E-state index in [9.17, 15) is 18.0 Å². The van der Waals surface area contributed by atoms with Crippen LogP contribution in [0.4, 0.5) is 18.9 Å². The van der Waals surface area contributed by atoms with Crippen molar-refractivity contribution in [2.24, 2.45) is 0 Å². The van der Waals surface area contributed by atoms with Gasteiger partial charge in [0.05, 0.1) is 18.8 Å². The smallest absolute Gasteiger partial charge is 0.406 e. The summed E-state index contributed by atoms with van der Waals surface area (Å²) in [5, 5.41) is 2.70. The Morgan fingerprint density at radius 2 is 1.75 bits per heavy atom. The number of anilines is 1. The number of halogens is 4. The highest BCUT2D eigenvalue weighted by Gasteiger charge is 2.31. The Morgan fingerprint density at radius 3 is 2.44 bits per heavy atom. The van der Waals surface area contributed by atoms with Crippen LogP contribution in [0, 0.1) is 6.92 Å². The molecule has 6 nitrogen and oxygen atoms in total. The van der Waals surface area contributed by atoms with Crippen LogP contribution in [0.2, 0.25) is 0 Å². The molecule has 4 rings (SSSR count). The van der Waals surface area contributed by atoms with E-state index in [1.807, 2.05) is 43.3 Å². The van der Waals surface area contributed by atoms with Crippen LogP contribution in [0.15, 0.2) is 60.7 Å². The number of carbonyl (C=O) groups excluding carboxylic acids is 1. The number of morpholine rings is 1. The van der Waals surface area contributed by atoms with Crippen LogP contribution >= 0.6 is 12.4 Å². The average Bonchev–Trinajstić information content (AvgIpc) is 3.16. The van der Waals surface area contributed by atoms with E-state index >= 15 is 0 Å². The predicted molar refractivity (Wildman–Crippen MR) is 135 cm³/mol. The maximum absolute atomic E-state index is 13.1. The van der Waals surface area contributed by atoms with Gasteiger partial charge in [-0.05, 0) is 37.1 Å². The molecule has 0 spiro atoms. The number of amides is 1. The second-order valence-corrected chi connectivity index (χ2v) is 8.38. The van der Waals surface area contributed by atoms with Crippen LogP contribution in [-0.2, 0) is 11.3 Å². The summed E-state index contributed by atoms with van der Waals surface area (Å²) >= 11 is 0. The molecule has 0 radical (unpaired) electrons. The third-order valence-electron chi connectivity index (χ3n) is 5.97. The first-order valence-corrected chi connectivity index (χ1v) is 11.5. The lowest BCUT2D eigenvalue weighted by Gasteiger charge is -2.26. The van der Waals surface area contributed by atoms with E-state index in [2.05, 4.69) is 19.5 Å². The molecule has 10 heteroatoms. The standard InChI is InChI=1S/C26H28F3N3O3.ClH/c1-19-23(25(33)30-21-9-5-10-22(17-21)35-26(27,28)29)18-24(20-7-3-2-4-8-20)32(19)12-6-11-31-13-15-34-16-14-31;/h2-5,7-10,17-18H,6,11-16H2,1H3,(H,30,33);1H. The molecule has 2 heterocycles. The Labute approximate surface area is 214 Å². The zero-order chi connectivity index (χ0) is 24.8. The summed E-state index contributed by atoms with van der Waals surface area (Å²) in [5.74, 6) is -0.784. The van der Waals surface area contributed by atoms with Crippen molar-refractivity contribution in [2.45, 2.75) is 26.3 Å². The van der Waals surface area contributed by atoms with Gasteiger partial charge in [0.25, 0.3) is 5.91 Å². The van der Waals surface area contributed by atoms with E-state index in [0.717, 1.165) is 68.8 Å². The SMILES string of the molecule is Cc1c(C(=O)Nc2cccc(OC(F)(F)F)c2)cc(-c2ccccc2)n1CCCN1CCOCC1.Cl. The minimum atomic E-state index is -4.80. The lowest BCUT2D eigenvalue weighted by Crippen LogP contribution is -2.37. The van der Waals surface area contributed by atoms with Crippen molar-refractivity contribution >= 4 is 24.0 Å². The van der Waals surface area contributed by atoms with Crippen molar-refractivity contribution in [3.05, 3.63) is 71.9 Å². The first-order chi connectivity index (χ1) is 16.8. The number of hydrogen-bond acceptors (Lipinski definition) is 4. The number of nitrogens with one attached hydrogen (secondary N) is 1. The van der Waals surface area contributed by atoms with Crippen LogP contribution in [0.25, 0.3) is 11.3 Å². The first-order valence-electron chi connectivity index (χ1n) is 11.5. The third kappa shape index (κ3) is 7.25. The van der Waals surface area contributed by atoms with E-state index in [1.54, 1.807) is 0 Å². The Kier molecular flexibility index (Phi) is 9.42. The van der Waals surface area contributed by atoms with Gasteiger partial charge in [0.15, 0.2) is 0 Å². The lowest BCUT2D eigenvalue weighted by molar-refractivity contribution is -0.274. The van der Waals surface area contributed by atoms with Crippen molar-refractivity contribution in [3.63, 3.8) is 0 Å². The molecular formula is C26H29ClF3N3O3. The molecule has 1 aromatic heterocycles. The van der Waals surface area contributed by atoms with Crippen LogP contribution in [0.3, 0.4) is 0 Å². The molecule has 1 N–H and O–H groups in total. The molecular weight excluding hydrogens is 495 g/mol. The summed E-state index contributed by atoms with van der Waals surface area (Å²) in [4.78, 5) is 15.5. The fourth-order valence-electron chi connectivity index (χ4n) is 4.26. The van der Waals surface area contributed by atoms with Crippen molar-refractivity contribution in [1.82, 2.24) is 9.47 Å². The van der Waals surface area contributed by atoms with Gasteiger partial charge in [-0.15, -0.1) is 25.6 Å². The van der Waals surface area contributed by atoms with Crippen molar-refractivity contribution in [2.75, 3.05) is 38.2 Å². The van der Waals surface area contributed by atoms with Gasteiger partial charge in [-0.2, -0.15) is 0 Å². The monoisotopic (exact) mass is 523 g/mol. The Hall–Kier alpha value is -3.01. The predicted octanol–water partition coefficient (Wildman–Crippen LogP) is 5.76. The molecule has 2 aromatic carbocycles. The van der Waals surface area contributed by atoms with Crippen molar-refractivity contribution in [1.29, 1.82) is 0 Å². The number of benzene rings is 2. The molecule has 36 heavy (non-hydrogen) atoms. The molecule has 0 saturated carbocycles. The summed E-state index contributed by atoms with van der Waals surface area (Å²) in [6.07, 6.45) is -3.89. The van der Waals surface area contributed by atoms with Gasteiger partial charge in [0.1, 0.15) is 5.75 Å². The fourth-order valence-corrected chi connectivity index (χ4v) is 4.26. The molecule has 0 atom stereocenters. The summed E-state index contributed by atoms with van der Waals surface area (Å²) in [7, 11) is 0. The second-order valence-electron chi connectivity index (χ2n) is 8.38. The summed E-state index contributed by atoms with van der Waals surface area (Å²) in [6, 6.07) is 16.9. The lowest BCUT2D eigenvalue weighted by atomic mass is 10.1. The van der Waals surface area contributed by atoms with Crippen molar-refractivity contribution < 1.29 is 27.4 Å². The average molecular weight is 524 g/mol. The Balaban J connectivity index is 0.00000361. The van der Waals surface area contributed by atoms with Gasteiger partial charge >= 0.3 is 6.36 Å². The second kappa shape index (κ2) is 12.3. The maximum Gasteiger partial charge on any atom is 0.573 e. The van der Waals surface area contributed by atoms with Crippen LogP contribution in [0.5, 0.6) is 5.75 Å². The van der Waals surface area contributed by atoms with E-state index < -0.39 is 18.0 Å². The van der Waals surface area contributed by atoms with E-state index in [0.29, 0.717) is 5.56 Å². The first kappa shape index (κ1) is 27.6. The highest BCUT2D eigenvalue weighted by atomic mass is 35.5. The number of aromatic nitrogens is 1. The minimum absolute atomic E-state index is 0. The van der Waals surface area contributed by atoms with Gasteiger partial charge in [-0.1, -0.05) is 36.4 Å². The summed E-state index contributed by atoms with van der Waals surface area (Å²) in [6.45, 7) is 6.88. The van der Waals surface area contributed by atoms with Gasteiger partial charge in [-0.3, -0.25) is 9.69 Å². The zero-order valence-corrected chi connectivity index (χ0v) is 20.7. The quantitative estimate of drug-likeness (QED) is 0.408. The minimum Gasteiger partial charge on any atom is -0.406 e. The number of nitrogens with zero attached hydrogens (tertiary/aromatic N) is 2. The maximum atomic E-state index is 13.1. The zero-order valence-electron chi connectivity index (χ0n) is 19.9. The molecule has 0 bridgehead atoms. The highest BCUT2D eigenvalue weighted by molar-refractivity contribution is 6.06. The molecule has 1 aliphatic heterocycles. The van der Waals surface area contributed by atoms with Gasteiger partial charge in [0.2, 0.25) is 0 Å². The van der Waals surface area contributed by atoms with Crippen LogP contribution < -0.4 is 10.1 Å². The van der Waals surface area contributed by atoms with E-state index in [1.165, 1.54) is 18.2 Å². The third-order valence-corrected chi connectivity index (χ3v) is 5.97. The molecule has 1 saturated heterocycles. The van der Waals surface area contributed by atoms with E-state index in [4.69, 9.17) is 4.74 Å². The molecule has 1 amide bonds. The largest absolute Gasteiger partial charge is 0.573 e. The Morgan fingerprint density at radius 1 is 1.03 bits per heavy atom. The molecule has 194 valence electrons. The number of alkyl halides is 3. The molecule has 1 fully saturated rings. The topological polar surface area (TPSA) is 55.7 Å².